The smallest absolute Gasteiger partial charge is 0.311 e. The summed E-state index contributed by atoms with van der Waals surface area (Å²) in [7, 11) is 0. The van der Waals surface area contributed by atoms with E-state index in [0.29, 0.717) is 13.1 Å². The van der Waals surface area contributed by atoms with Crippen LogP contribution < -0.4 is 5.32 Å². The van der Waals surface area contributed by atoms with E-state index >= 15 is 0 Å². The van der Waals surface area contributed by atoms with Crippen LogP contribution in [0.5, 0.6) is 0 Å². The van der Waals surface area contributed by atoms with E-state index in [9.17, 15) is 13.2 Å². The van der Waals surface area contributed by atoms with Crippen LogP contribution in [0.4, 0.5) is 13.2 Å². The molecule has 0 aromatic rings. The summed E-state index contributed by atoms with van der Waals surface area (Å²) in [5.41, 5.74) is -0.142. The molecular weight excluding hydrogens is 229 g/mol. The molecule has 17 heavy (non-hydrogen) atoms. The number of piperazine rings is 1. The van der Waals surface area contributed by atoms with Crippen molar-refractivity contribution in [2.45, 2.75) is 52.4 Å². The van der Waals surface area contributed by atoms with Crippen molar-refractivity contribution in [1.82, 2.24) is 10.2 Å². The summed E-state index contributed by atoms with van der Waals surface area (Å²) in [5.74, 6) is 0. The lowest BCUT2D eigenvalue weighted by atomic mass is 9.83. The fourth-order valence-electron chi connectivity index (χ4n) is 2.41. The van der Waals surface area contributed by atoms with Crippen molar-refractivity contribution in [3.63, 3.8) is 0 Å². The van der Waals surface area contributed by atoms with Gasteiger partial charge in [-0.3, -0.25) is 4.90 Å². The lowest BCUT2D eigenvalue weighted by Crippen LogP contribution is -2.61. The highest BCUT2D eigenvalue weighted by molar-refractivity contribution is 4.92. The largest absolute Gasteiger partial charge is 0.401 e. The summed E-state index contributed by atoms with van der Waals surface area (Å²) < 4.78 is 37.7. The Kier molecular flexibility index (Phi) is 4.47. The van der Waals surface area contributed by atoms with Gasteiger partial charge in [-0.15, -0.1) is 0 Å². The monoisotopic (exact) mass is 252 g/mol. The van der Waals surface area contributed by atoms with Crippen LogP contribution in [0.2, 0.25) is 0 Å². The number of alkyl halides is 3. The predicted molar refractivity (Wildman–Crippen MR) is 63.0 cm³/mol. The molecule has 0 amide bonds. The lowest BCUT2D eigenvalue weighted by molar-refractivity contribution is -0.159. The summed E-state index contributed by atoms with van der Waals surface area (Å²) in [4.78, 5) is 1.59. The van der Waals surface area contributed by atoms with Gasteiger partial charge >= 0.3 is 6.18 Å². The van der Waals surface area contributed by atoms with Gasteiger partial charge in [0.1, 0.15) is 0 Å². The molecule has 2 nitrogen and oxygen atoms in total. The number of nitrogens with one attached hydrogen (secondary N) is 1. The van der Waals surface area contributed by atoms with Gasteiger partial charge in [0.05, 0.1) is 6.54 Å². The zero-order valence-electron chi connectivity index (χ0n) is 11.1. The van der Waals surface area contributed by atoms with Crippen molar-refractivity contribution in [2.75, 3.05) is 19.6 Å². The minimum Gasteiger partial charge on any atom is -0.311 e. The van der Waals surface area contributed by atoms with E-state index < -0.39 is 12.7 Å². The van der Waals surface area contributed by atoms with Crippen LogP contribution in [0.25, 0.3) is 0 Å². The highest BCUT2D eigenvalue weighted by atomic mass is 19.4. The average Bonchev–Trinajstić information content (AvgIpc) is 2.13. The van der Waals surface area contributed by atoms with Crippen molar-refractivity contribution in [3.05, 3.63) is 0 Å². The summed E-state index contributed by atoms with van der Waals surface area (Å²) >= 11 is 0. The molecule has 1 fully saturated rings. The Morgan fingerprint density at radius 2 is 1.82 bits per heavy atom. The third kappa shape index (κ3) is 4.47. The summed E-state index contributed by atoms with van der Waals surface area (Å²) in [6.07, 6.45) is -3.25. The van der Waals surface area contributed by atoms with Gasteiger partial charge in [-0.2, -0.15) is 13.2 Å². The van der Waals surface area contributed by atoms with Gasteiger partial charge in [0.2, 0.25) is 0 Å². The summed E-state index contributed by atoms with van der Waals surface area (Å²) in [6, 6.07) is 0.114. The van der Waals surface area contributed by atoms with Crippen molar-refractivity contribution in [3.8, 4) is 0 Å². The lowest BCUT2D eigenvalue weighted by Gasteiger charge is -2.46. The highest BCUT2D eigenvalue weighted by Crippen LogP contribution is 2.29. The van der Waals surface area contributed by atoms with Gasteiger partial charge in [-0.1, -0.05) is 27.7 Å². The van der Waals surface area contributed by atoms with Crippen molar-refractivity contribution >= 4 is 0 Å². The molecule has 0 bridgehead atoms. The van der Waals surface area contributed by atoms with E-state index in [1.807, 2.05) is 27.7 Å². The van der Waals surface area contributed by atoms with Crippen molar-refractivity contribution in [1.29, 1.82) is 0 Å². The van der Waals surface area contributed by atoms with Gasteiger partial charge in [-0.05, 0) is 11.8 Å². The average molecular weight is 252 g/mol. The van der Waals surface area contributed by atoms with Crippen LogP contribution in [-0.4, -0.2) is 42.8 Å². The molecule has 1 saturated heterocycles. The molecule has 1 rings (SSSR count). The fraction of sp³-hybridized carbons (Fsp3) is 1.00. The molecule has 0 saturated carbocycles. The van der Waals surface area contributed by atoms with Gasteiger partial charge in [0.25, 0.3) is 0 Å². The first-order valence-corrected chi connectivity index (χ1v) is 6.17. The van der Waals surface area contributed by atoms with Crippen molar-refractivity contribution in [2.24, 2.45) is 5.41 Å². The molecule has 1 aliphatic rings. The zero-order valence-corrected chi connectivity index (χ0v) is 11.1. The van der Waals surface area contributed by atoms with Gasteiger partial charge in [-0.25, -0.2) is 0 Å². The number of hydrogen-bond acceptors (Lipinski definition) is 2. The number of hydrogen-bond donors (Lipinski definition) is 1. The molecule has 0 aromatic carbocycles. The molecule has 2 unspecified atom stereocenters. The quantitative estimate of drug-likeness (QED) is 0.812. The minimum atomic E-state index is -4.11. The second kappa shape index (κ2) is 5.14. The topological polar surface area (TPSA) is 15.3 Å². The first kappa shape index (κ1) is 14.8. The molecule has 0 spiro atoms. The Morgan fingerprint density at radius 1 is 1.24 bits per heavy atom. The van der Waals surface area contributed by atoms with Crippen LogP contribution in [0.15, 0.2) is 0 Å². The summed E-state index contributed by atoms with van der Waals surface area (Å²) in [6.45, 7) is 8.31. The maximum absolute atomic E-state index is 12.6. The number of nitrogens with zero attached hydrogens (tertiary/aromatic N) is 1. The van der Waals surface area contributed by atoms with Crippen LogP contribution in [0.1, 0.15) is 34.1 Å². The number of rotatable bonds is 2. The molecule has 1 N–H and O–H groups in total. The van der Waals surface area contributed by atoms with E-state index in [4.69, 9.17) is 0 Å². The molecule has 0 radical (unpaired) electrons. The zero-order chi connectivity index (χ0) is 13.3. The van der Waals surface area contributed by atoms with E-state index in [1.54, 1.807) is 4.90 Å². The molecular formula is C12H23F3N2. The van der Waals surface area contributed by atoms with E-state index in [2.05, 4.69) is 5.32 Å². The van der Waals surface area contributed by atoms with Gasteiger partial charge < -0.3 is 5.32 Å². The third-order valence-corrected chi connectivity index (χ3v) is 3.37. The standard InChI is InChI=1S/C12H23F3N2/c1-5-9-7-17(8-12(13,14)15)10(6-16-9)11(2,3)4/h9-10,16H,5-8H2,1-4H3. The van der Waals surface area contributed by atoms with Crippen molar-refractivity contribution < 1.29 is 13.2 Å². The Balaban J connectivity index is 2.75. The first-order chi connectivity index (χ1) is 7.63. The van der Waals surface area contributed by atoms with E-state index in [0.717, 1.165) is 6.42 Å². The van der Waals surface area contributed by atoms with Crippen LogP contribution in [0.3, 0.4) is 0 Å². The maximum Gasteiger partial charge on any atom is 0.401 e. The predicted octanol–water partition coefficient (Wildman–Crippen LogP) is 2.65. The SMILES string of the molecule is CCC1CN(CC(F)(F)F)C(C(C)(C)C)CN1. The van der Waals surface area contributed by atoms with Gasteiger partial charge in [0.15, 0.2) is 0 Å². The normalized spacial score (nSPS) is 28.4. The molecule has 1 heterocycles. The Morgan fingerprint density at radius 3 is 2.24 bits per heavy atom. The van der Waals surface area contributed by atoms with E-state index in [-0.39, 0.29) is 17.5 Å². The second-order valence-corrected chi connectivity index (χ2v) is 5.94. The molecule has 0 aromatic heterocycles. The first-order valence-electron chi connectivity index (χ1n) is 6.17. The van der Waals surface area contributed by atoms with E-state index in [1.165, 1.54) is 0 Å². The van der Waals surface area contributed by atoms with Crippen LogP contribution >= 0.6 is 0 Å². The second-order valence-electron chi connectivity index (χ2n) is 5.94. The maximum atomic E-state index is 12.6. The molecule has 5 heteroatoms. The number of halogens is 3. The Labute approximate surface area is 102 Å². The summed E-state index contributed by atoms with van der Waals surface area (Å²) in [5, 5.41) is 3.33. The fourth-order valence-corrected chi connectivity index (χ4v) is 2.41. The highest BCUT2D eigenvalue weighted by Gasteiger charge is 2.40. The van der Waals surface area contributed by atoms with Gasteiger partial charge in [0, 0.05) is 25.2 Å². The third-order valence-electron chi connectivity index (χ3n) is 3.37. The molecule has 0 aliphatic carbocycles. The molecule has 102 valence electrons. The molecule has 2 atom stereocenters. The Bertz CT molecular complexity index is 245. The minimum absolute atomic E-state index is 0.0630. The Hall–Kier alpha value is -0.290. The van der Waals surface area contributed by atoms with Crippen LogP contribution in [-0.2, 0) is 0 Å². The van der Waals surface area contributed by atoms with Crippen LogP contribution in [0, 0.1) is 5.41 Å². The molecule has 1 aliphatic heterocycles.